The van der Waals surface area contributed by atoms with Crippen molar-refractivity contribution in [3.63, 3.8) is 0 Å². The van der Waals surface area contributed by atoms with Crippen molar-refractivity contribution in [1.82, 2.24) is 10.2 Å². The molecule has 1 aliphatic rings. The summed E-state index contributed by atoms with van der Waals surface area (Å²) in [4.78, 5) is 4.04. The molecule has 0 spiro atoms. The van der Waals surface area contributed by atoms with Crippen molar-refractivity contribution < 1.29 is 14.2 Å². The highest BCUT2D eigenvalue weighted by Gasteiger charge is 2.27. The first-order valence-electron chi connectivity index (χ1n) is 13.6. The van der Waals surface area contributed by atoms with Gasteiger partial charge in [-0.05, 0) is 94.1 Å². The molecule has 8 heteroatoms. The Balaban J connectivity index is 0.00000361. The van der Waals surface area contributed by atoms with Crippen molar-refractivity contribution in [2.24, 2.45) is 0 Å². The lowest BCUT2D eigenvalue weighted by molar-refractivity contribution is 0.175. The Kier molecular flexibility index (Phi) is 18.0. The summed E-state index contributed by atoms with van der Waals surface area (Å²) in [5.41, 5.74) is 2.78. The molecule has 2 aromatic rings. The van der Waals surface area contributed by atoms with Gasteiger partial charge in [0.25, 0.3) is 0 Å². The fraction of sp³-hybridized carbons (Fsp3) is 0.600. The van der Waals surface area contributed by atoms with Gasteiger partial charge in [0.1, 0.15) is 5.75 Å². The summed E-state index contributed by atoms with van der Waals surface area (Å²) >= 11 is 1.90. The fourth-order valence-corrected chi connectivity index (χ4v) is 6.01. The number of hydrogen-bond donors (Lipinski definition) is 1. The second-order valence-electron chi connectivity index (χ2n) is 9.56. The number of unbranched alkanes of at least 4 members (excludes halogenated alkanes) is 3. The van der Waals surface area contributed by atoms with Gasteiger partial charge in [-0.1, -0.05) is 25.8 Å². The van der Waals surface area contributed by atoms with Crippen molar-refractivity contribution in [1.29, 1.82) is 0 Å². The zero-order valence-corrected chi connectivity index (χ0v) is 26.1. The lowest BCUT2D eigenvalue weighted by Gasteiger charge is -2.36. The summed E-state index contributed by atoms with van der Waals surface area (Å²) in [6, 6.07) is 13.3. The van der Waals surface area contributed by atoms with E-state index in [9.17, 15) is 0 Å². The van der Waals surface area contributed by atoms with E-state index >= 15 is 0 Å². The predicted molar refractivity (Wildman–Crippen MR) is 167 cm³/mol. The van der Waals surface area contributed by atoms with E-state index in [-0.39, 0.29) is 24.8 Å². The first kappa shape index (κ1) is 34.7. The van der Waals surface area contributed by atoms with Crippen LogP contribution in [0.3, 0.4) is 0 Å². The summed E-state index contributed by atoms with van der Waals surface area (Å²) in [7, 11) is 5.18. The van der Waals surface area contributed by atoms with E-state index in [0.29, 0.717) is 6.04 Å². The molecule has 1 aliphatic carbocycles. The number of methoxy groups -OCH3 is 3. The molecule has 2 aromatic carbocycles. The summed E-state index contributed by atoms with van der Waals surface area (Å²) in [5, 5.41) is 3.60. The predicted octanol–water partition coefficient (Wildman–Crippen LogP) is 7.07. The van der Waals surface area contributed by atoms with Crippen LogP contribution in [-0.2, 0) is 12.8 Å². The van der Waals surface area contributed by atoms with E-state index in [1.807, 2.05) is 23.9 Å². The van der Waals surface area contributed by atoms with Crippen LogP contribution in [0.15, 0.2) is 41.3 Å². The quantitative estimate of drug-likeness (QED) is 0.158. The maximum atomic E-state index is 5.69. The summed E-state index contributed by atoms with van der Waals surface area (Å²) in [6.07, 6.45) is 9.79. The zero-order chi connectivity index (χ0) is 25.6. The van der Waals surface area contributed by atoms with Crippen LogP contribution in [-0.4, -0.2) is 64.2 Å². The Morgan fingerprint density at radius 2 is 1.63 bits per heavy atom. The van der Waals surface area contributed by atoms with Gasteiger partial charge in [-0.2, -0.15) is 0 Å². The van der Waals surface area contributed by atoms with Crippen LogP contribution in [0.4, 0.5) is 0 Å². The molecular weight excluding hydrogens is 539 g/mol. The van der Waals surface area contributed by atoms with E-state index in [1.165, 1.54) is 67.6 Å². The lowest BCUT2D eigenvalue weighted by Crippen LogP contribution is -2.40. The minimum absolute atomic E-state index is 0. The molecular formula is C30H48Cl2N2O3S. The molecule has 5 nitrogen and oxygen atoms in total. The van der Waals surface area contributed by atoms with Gasteiger partial charge in [0.05, 0.1) is 21.3 Å². The van der Waals surface area contributed by atoms with Crippen molar-refractivity contribution in [2.45, 2.75) is 69.2 Å². The van der Waals surface area contributed by atoms with Gasteiger partial charge >= 0.3 is 0 Å². The molecule has 0 saturated heterocycles. The molecule has 1 atom stereocenters. The molecule has 0 unspecified atom stereocenters. The van der Waals surface area contributed by atoms with Gasteiger partial charge in [-0.25, -0.2) is 0 Å². The molecule has 1 N–H and O–H groups in total. The molecule has 216 valence electrons. The number of hydrogen-bond acceptors (Lipinski definition) is 6. The van der Waals surface area contributed by atoms with E-state index in [4.69, 9.17) is 14.2 Å². The maximum Gasteiger partial charge on any atom is 0.164 e. The molecule has 38 heavy (non-hydrogen) atoms. The van der Waals surface area contributed by atoms with E-state index in [0.717, 1.165) is 48.9 Å². The van der Waals surface area contributed by atoms with Crippen molar-refractivity contribution in [3.05, 3.63) is 47.5 Å². The molecule has 0 fully saturated rings. The Morgan fingerprint density at radius 1 is 0.868 bits per heavy atom. The number of ether oxygens (including phenoxy) is 3. The SMILES string of the molecule is CCCN(CCCCCCNCCSc1ccc(OC)cc1)[C@H]1CCc2c(ccc(OC)c2OC)C1.Cl.Cl. The minimum atomic E-state index is 0. The highest BCUT2D eigenvalue weighted by molar-refractivity contribution is 7.99. The third-order valence-electron chi connectivity index (χ3n) is 7.11. The third-order valence-corrected chi connectivity index (χ3v) is 8.13. The zero-order valence-electron chi connectivity index (χ0n) is 23.6. The Labute approximate surface area is 247 Å². The Morgan fingerprint density at radius 3 is 2.32 bits per heavy atom. The Bertz CT molecular complexity index is 902. The van der Waals surface area contributed by atoms with Crippen molar-refractivity contribution >= 4 is 36.6 Å². The molecule has 0 amide bonds. The van der Waals surface area contributed by atoms with Crippen LogP contribution in [0.1, 0.15) is 56.6 Å². The number of halogens is 2. The topological polar surface area (TPSA) is 43.0 Å². The number of fused-ring (bicyclic) bond motifs is 1. The fourth-order valence-electron chi connectivity index (χ4n) is 5.20. The van der Waals surface area contributed by atoms with Gasteiger partial charge < -0.3 is 24.4 Å². The maximum absolute atomic E-state index is 5.69. The number of nitrogens with one attached hydrogen (secondary N) is 1. The summed E-state index contributed by atoms with van der Waals surface area (Å²) in [5.74, 6) is 3.80. The Hall–Kier alpha value is -1.31. The minimum Gasteiger partial charge on any atom is -0.497 e. The second kappa shape index (κ2) is 19.7. The smallest absolute Gasteiger partial charge is 0.164 e. The normalized spacial score (nSPS) is 14.3. The monoisotopic (exact) mass is 586 g/mol. The van der Waals surface area contributed by atoms with Crippen LogP contribution in [0.25, 0.3) is 0 Å². The number of nitrogens with zero attached hydrogens (tertiary/aromatic N) is 1. The van der Waals surface area contributed by atoms with Gasteiger partial charge in [0.2, 0.25) is 0 Å². The molecule has 0 saturated carbocycles. The van der Waals surface area contributed by atoms with Crippen LogP contribution < -0.4 is 19.5 Å². The molecule has 0 radical (unpaired) electrons. The van der Waals surface area contributed by atoms with Gasteiger partial charge in [-0.15, -0.1) is 36.6 Å². The molecule has 0 aliphatic heterocycles. The molecule has 0 heterocycles. The molecule has 0 aromatic heterocycles. The first-order chi connectivity index (χ1) is 17.7. The average Bonchev–Trinajstić information content (AvgIpc) is 2.92. The van der Waals surface area contributed by atoms with Gasteiger partial charge in [-0.3, -0.25) is 0 Å². The van der Waals surface area contributed by atoms with E-state index in [1.54, 1.807) is 21.3 Å². The van der Waals surface area contributed by atoms with E-state index in [2.05, 4.69) is 41.4 Å². The van der Waals surface area contributed by atoms with Gasteiger partial charge in [0.15, 0.2) is 11.5 Å². The lowest BCUT2D eigenvalue weighted by atomic mass is 9.86. The van der Waals surface area contributed by atoms with Crippen LogP contribution in [0.5, 0.6) is 17.2 Å². The van der Waals surface area contributed by atoms with Crippen LogP contribution in [0.2, 0.25) is 0 Å². The van der Waals surface area contributed by atoms with Crippen LogP contribution >= 0.6 is 36.6 Å². The second-order valence-corrected chi connectivity index (χ2v) is 10.7. The molecule has 0 bridgehead atoms. The summed E-state index contributed by atoms with van der Waals surface area (Å²) in [6.45, 7) is 6.89. The highest BCUT2D eigenvalue weighted by atomic mass is 35.5. The number of thioether (sulfide) groups is 1. The summed E-state index contributed by atoms with van der Waals surface area (Å²) < 4.78 is 16.4. The largest absolute Gasteiger partial charge is 0.497 e. The van der Waals surface area contributed by atoms with Crippen molar-refractivity contribution in [2.75, 3.05) is 53.3 Å². The van der Waals surface area contributed by atoms with Crippen molar-refractivity contribution in [3.8, 4) is 17.2 Å². The number of rotatable bonds is 17. The third kappa shape index (κ3) is 10.7. The average molecular weight is 588 g/mol. The standard InChI is InChI=1S/C30H46N2O3S.2ClH/c1-5-20-32(25-11-16-28-24(23-25)10-17-29(34-3)30(28)35-4)21-9-7-6-8-18-31-19-22-36-27-14-12-26(33-2)13-15-27;;/h10,12-15,17,25,31H,5-9,11,16,18-23H2,1-4H3;2*1H/t25-;;/m0../s1. The van der Waals surface area contributed by atoms with Crippen LogP contribution in [0, 0.1) is 0 Å². The first-order valence-corrected chi connectivity index (χ1v) is 14.6. The number of benzene rings is 2. The molecule has 3 rings (SSSR count). The van der Waals surface area contributed by atoms with Gasteiger partial charge in [0, 0.05) is 28.8 Å². The highest BCUT2D eigenvalue weighted by Crippen LogP contribution is 2.38. The van der Waals surface area contributed by atoms with E-state index < -0.39 is 0 Å².